The Morgan fingerprint density at radius 3 is 2.43 bits per heavy atom. The lowest BCUT2D eigenvalue weighted by Gasteiger charge is -2.24. The van der Waals surface area contributed by atoms with Gasteiger partial charge in [0.25, 0.3) is 0 Å². The van der Waals surface area contributed by atoms with Crippen molar-refractivity contribution < 1.29 is 9.59 Å². The molecule has 1 fully saturated rings. The third kappa shape index (κ3) is 2.82. The summed E-state index contributed by atoms with van der Waals surface area (Å²) in [6.45, 7) is 0. The molecule has 0 spiro atoms. The van der Waals surface area contributed by atoms with Gasteiger partial charge in [0.2, 0.25) is 5.78 Å². The number of hydrogen-bond donors (Lipinski definition) is 0. The van der Waals surface area contributed by atoms with Gasteiger partial charge in [0.05, 0.1) is 5.69 Å². The zero-order valence-electron chi connectivity index (χ0n) is 12.0. The highest BCUT2D eigenvalue weighted by Gasteiger charge is 2.21. The predicted octanol–water partition coefficient (Wildman–Crippen LogP) is 4.04. The molecule has 1 saturated carbocycles. The van der Waals surface area contributed by atoms with Gasteiger partial charge in [0.15, 0.2) is 6.29 Å². The minimum atomic E-state index is -0.428. The van der Waals surface area contributed by atoms with Crippen LogP contribution in [-0.2, 0) is 4.79 Å². The van der Waals surface area contributed by atoms with E-state index >= 15 is 0 Å². The SMILES string of the molecule is O=CC(=O)c1cc(-c2ccccc2)cn1C1CCCCC1. The number of aldehydes is 1. The van der Waals surface area contributed by atoms with Crippen molar-refractivity contribution >= 4 is 12.1 Å². The minimum Gasteiger partial charge on any atom is -0.341 e. The average molecular weight is 281 g/mol. The van der Waals surface area contributed by atoms with Crippen molar-refractivity contribution in [2.24, 2.45) is 0 Å². The van der Waals surface area contributed by atoms with Crippen molar-refractivity contribution in [1.29, 1.82) is 0 Å². The van der Waals surface area contributed by atoms with Crippen LogP contribution in [0.15, 0.2) is 42.6 Å². The van der Waals surface area contributed by atoms with Crippen LogP contribution in [0.2, 0.25) is 0 Å². The molecule has 0 saturated heterocycles. The van der Waals surface area contributed by atoms with Crippen LogP contribution in [0.5, 0.6) is 0 Å². The average Bonchev–Trinajstić information content (AvgIpc) is 3.01. The zero-order valence-corrected chi connectivity index (χ0v) is 12.0. The van der Waals surface area contributed by atoms with E-state index in [1.54, 1.807) is 0 Å². The molecule has 3 heteroatoms. The molecular formula is C18H19NO2. The fraction of sp³-hybridized carbons (Fsp3) is 0.333. The third-order valence-corrected chi connectivity index (χ3v) is 4.28. The zero-order chi connectivity index (χ0) is 14.7. The molecular weight excluding hydrogens is 262 g/mol. The maximum Gasteiger partial charge on any atom is 0.241 e. The monoisotopic (exact) mass is 281 g/mol. The number of aromatic nitrogens is 1. The van der Waals surface area contributed by atoms with Crippen molar-refractivity contribution in [2.75, 3.05) is 0 Å². The molecule has 1 heterocycles. The van der Waals surface area contributed by atoms with Gasteiger partial charge >= 0.3 is 0 Å². The number of nitrogens with zero attached hydrogens (tertiary/aromatic N) is 1. The second kappa shape index (κ2) is 6.08. The van der Waals surface area contributed by atoms with Crippen LogP contribution < -0.4 is 0 Å². The molecule has 1 aliphatic rings. The topological polar surface area (TPSA) is 39.1 Å². The molecule has 0 aliphatic heterocycles. The fourth-order valence-corrected chi connectivity index (χ4v) is 3.19. The van der Waals surface area contributed by atoms with Crippen LogP contribution in [0.25, 0.3) is 11.1 Å². The second-order valence-electron chi connectivity index (χ2n) is 5.66. The predicted molar refractivity (Wildman–Crippen MR) is 82.4 cm³/mol. The van der Waals surface area contributed by atoms with Gasteiger partial charge in [-0.1, -0.05) is 49.6 Å². The van der Waals surface area contributed by atoms with Crippen LogP contribution in [0, 0.1) is 0 Å². The Balaban J connectivity index is 2.02. The van der Waals surface area contributed by atoms with Crippen molar-refractivity contribution in [3.8, 4) is 11.1 Å². The van der Waals surface area contributed by atoms with Gasteiger partial charge in [-0.3, -0.25) is 9.59 Å². The molecule has 0 radical (unpaired) electrons. The largest absolute Gasteiger partial charge is 0.341 e. The minimum absolute atomic E-state index is 0.343. The molecule has 21 heavy (non-hydrogen) atoms. The van der Waals surface area contributed by atoms with Crippen LogP contribution in [0.1, 0.15) is 48.6 Å². The van der Waals surface area contributed by atoms with Gasteiger partial charge in [-0.25, -0.2) is 0 Å². The molecule has 0 amide bonds. The van der Waals surface area contributed by atoms with E-state index in [0.717, 1.165) is 24.0 Å². The van der Waals surface area contributed by atoms with Crippen LogP contribution >= 0.6 is 0 Å². The highest BCUT2D eigenvalue weighted by Crippen LogP contribution is 2.32. The van der Waals surface area contributed by atoms with Crippen molar-refractivity contribution in [2.45, 2.75) is 38.1 Å². The summed E-state index contributed by atoms with van der Waals surface area (Å²) in [7, 11) is 0. The number of benzene rings is 1. The number of rotatable bonds is 4. The molecule has 2 aromatic rings. The molecule has 0 atom stereocenters. The Morgan fingerprint density at radius 1 is 1.05 bits per heavy atom. The molecule has 3 rings (SSSR count). The fourth-order valence-electron chi connectivity index (χ4n) is 3.19. The first-order valence-electron chi connectivity index (χ1n) is 7.56. The lowest BCUT2D eigenvalue weighted by atomic mass is 9.95. The number of carbonyl (C=O) groups excluding carboxylic acids is 2. The summed E-state index contributed by atoms with van der Waals surface area (Å²) in [5.41, 5.74) is 2.61. The van der Waals surface area contributed by atoms with E-state index < -0.39 is 5.78 Å². The van der Waals surface area contributed by atoms with Gasteiger partial charge in [-0.2, -0.15) is 0 Å². The number of hydrogen-bond acceptors (Lipinski definition) is 2. The molecule has 0 bridgehead atoms. The van der Waals surface area contributed by atoms with Crippen molar-refractivity contribution in [3.05, 3.63) is 48.3 Å². The summed E-state index contributed by atoms with van der Waals surface area (Å²) in [5.74, 6) is -0.428. The second-order valence-corrected chi connectivity index (χ2v) is 5.66. The van der Waals surface area contributed by atoms with E-state index in [4.69, 9.17) is 0 Å². The summed E-state index contributed by atoms with van der Waals surface area (Å²) in [6.07, 6.45) is 8.27. The molecule has 1 aliphatic carbocycles. The maximum absolute atomic E-state index is 11.9. The van der Waals surface area contributed by atoms with E-state index in [-0.39, 0.29) is 0 Å². The van der Waals surface area contributed by atoms with Gasteiger partial charge in [-0.05, 0) is 24.5 Å². The summed E-state index contributed by atoms with van der Waals surface area (Å²) < 4.78 is 2.03. The quantitative estimate of drug-likeness (QED) is 0.482. The molecule has 3 nitrogen and oxygen atoms in total. The van der Waals surface area contributed by atoms with Crippen LogP contribution in [-0.4, -0.2) is 16.6 Å². The highest BCUT2D eigenvalue weighted by atomic mass is 16.2. The first-order valence-corrected chi connectivity index (χ1v) is 7.56. The first kappa shape index (κ1) is 13.8. The van der Waals surface area contributed by atoms with Crippen molar-refractivity contribution in [1.82, 2.24) is 4.57 Å². The van der Waals surface area contributed by atoms with E-state index in [2.05, 4.69) is 0 Å². The molecule has 108 valence electrons. The summed E-state index contributed by atoms with van der Waals surface area (Å²) >= 11 is 0. The van der Waals surface area contributed by atoms with Gasteiger partial charge in [0.1, 0.15) is 0 Å². The third-order valence-electron chi connectivity index (χ3n) is 4.28. The normalized spacial score (nSPS) is 15.8. The smallest absolute Gasteiger partial charge is 0.241 e. The van der Waals surface area contributed by atoms with E-state index in [1.807, 2.05) is 47.2 Å². The van der Waals surface area contributed by atoms with Gasteiger partial charge in [-0.15, -0.1) is 0 Å². The highest BCUT2D eigenvalue weighted by molar-refractivity contribution is 6.32. The Labute approximate surface area is 124 Å². The van der Waals surface area contributed by atoms with Crippen LogP contribution in [0.4, 0.5) is 0 Å². The molecule has 1 aromatic carbocycles. The first-order chi connectivity index (χ1) is 10.3. The Kier molecular flexibility index (Phi) is 4.00. The lowest BCUT2D eigenvalue weighted by Crippen LogP contribution is -2.17. The van der Waals surface area contributed by atoms with Crippen LogP contribution in [0.3, 0.4) is 0 Å². The van der Waals surface area contributed by atoms with E-state index in [0.29, 0.717) is 18.0 Å². The Morgan fingerprint density at radius 2 is 1.76 bits per heavy atom. The summed E-state index contributed by atoms with van der Waals surface area (Å²) in [5, 5.41) is 0. The van der Waals surface area contributed by atoms with E-state index in [9.17, 15) is 9.59 Å². The standard InChI is InChI=1S/C18H19NO2/c20-13-18(21)17-11-15(14-7-3-1-4-8-14)12-19(17)16-9-5-2-6-10-16/h1,3-4,7-8,11-13,16H,2,5-6,9-10H2. The summed E-state index contributed by atoms with van der Waals surface area (Å²) in [4.78, 5) is 22.9. The Bertz CT molecular complexity index is 636. The number of Topliss-reactive ketones (excluding diaryl/α,β-unsaturated/α-hetero) is 1. The number of ketones is 1. The maximum atomic E-state index is 11.9. The van der Waals surface area contributed by atoms with Gasteiger partial charge < -0.3 is 4.57 Å². The van der Waals surface area contributed by atoms with Gasteiger partial charge in [0, 0.05) is 17.8 Å². The molecule has 0 N–H and O–H groups in total. The Hall–Kier alpha value is -2.16. The van der Waals surface area contributed by atoms with Crippen molar-refractivity contribution in [3.63, 3.8) is 0 Å². The molecule has 1 aromatic heterocycles. The lowest BCUT2D eigenvalue weighted by molar-refractivity contribution is -0.104. The van der Waals surface area contributed by atoms with E-state index in [1.165, 1.54) is 19.3 Å². The number of carbonyl (C=O) groups is 2. The molecule has 0 unspecified atom stereocenters. The summed E-state index contributed by atoms with van der Waals surface area (Å²) in [6, 6.07) is 12.2.